The van der Waals surface area contributed by atoms with Crippen LogP contribution in [0.3, 0.4) is 0 Å². The van der Waals surface area contributed by atoms with Gasteiger partial charge in [0.1, 0.15) is 6.17 Å². The van der Waals surface area contributed by atoms with Crippen LogP contribution in [0, 0.1) is 6.92 Å². The van der Waals surface area contributed by atoms with Crippen molar-refractivity contribution in [3.05, 3.63) is 48.2 Å². The van der Waals surface area contributed by atoms with Crippen LogP contribution in [0.1, 0.15) is 19.4 Å². The van der Waals surface area contributed by atoms with Crippen LogP contribution in [-0.4, -0.2) is 17.7 Å². The summed E-state index contributed by atoms with van der Waals surface area (Å²) in [7, 11) is 0. The number of aromatic nitrogens is 1. The number of aryl methyl sites for hydroxylation is 1. The smallest absolute Gasteiger partial charge is 0.158 e. The zero-order chi connectivity index (χ0) is 13.4. The predicted octanol–water partition coefficient (Wildman–Crippen LogP) is 3.71. The van der Waals surface area contributed by atoms with Crippen LogP contribution in [0.25, 0.3) is 0 Å². The first-order chi connectivity index (χ1) is 9.24. The number of fused-ring (bicyclic) bond motifs is 1. The molecule has 1 aromatic heterocycles. The first kappa shape index (κ1) is 12.0. The zero-order valence-corrected chi connectivity index (χ0v) is 11.7. The molecule has 2 heterocycles. The summed E-state index contributed by atoms with van der Waals surface area (Å²) in [6, 6.07) is 12.7. The Balaban J connectivity index is 2.15. The molecular weight excluding hydrogens is 234 g/mol. The zero-order valence-electron chi connectivity index (χ0n) is 11.7. The fourth-order valence-corrected chi connectivity index (χ4v) is 2.90. The molecule has 0 bridgehead atoms. The molecule has 1 atom stereocenters. The summed E-state index contributed by atoms with van der Waals surface area (Å²) < 4.78 is 0. The molecule has 1 aromatic carbocycles. The van der Waals surface area contributed by atoms with Crippen LogP contribution in [0.15, 0.2) is 42.6 Å². The fraction of sp³-hybridized carbons (Fsp3) is 0.312. The molecule has 0 spiro atoms. The Kier molecular flexibility index (Phi) is 2.90. The number of hydrogen-bond acceptors (Lipinski definition) is 3. The third kappa shape index (κ3) is 1.77. The highest BCUT2D eigenvalue weighted by Gasteiger charge is 2.34. The maximum Gasteiger partial charge on any atom is 0.158 e. The van der Waals surface area contributed by atoms with Gasteiger partial charge in [-0.1, -0.05) is 18.2 Å². The molecule has 0 saturated heterocycles. The fourth-order valence-electron chi connectivity index (χ4n) is 2.90. The summed E-state index contributed by atoms with van der Waals surface area (Å²) >= 11 is 0. The Labute approximate surface area is 114 Å². The molecule has 1 aliphatic heterocycles. The second-order valence-corrected chi connectivity index (χ2v) is 4.92. The number of hydrogen-bond donors (Lipinski definition) is 0. The molecule has 0 saturated carbocycles. The second-order valence-electron chi connectivity index (χ2n) is 4.92. The number of rotatable bonds is 2. The van der Waals surface area contributed by atoms with Crippen molar-refractivity contribution in [1.29, 1.82) is 0 Å². The highest BCUT2D eigenvalue weighted by Crippen LogP contribution is 2.42. The van der Waals surface area contributed by atoms with Gasteiger partial charge < -0.3 is 9.80 Å². The maximum absolute atomic E-state index is 4.59. The third-order valence-electron chi connectivity index (χ3n) is 3.84. The van der Waals surface area contributed by atoms with Gasteiger partial charge in [0.05, 0.1) is 5.69 Å². The van der Waals surface area contributed by atoms with Gasteiger partial charge in [-0.2, -0.15) is 0 Å². The van der Waals surface area contributed by atoms with Crippen molar-refractivity contribution in [1.82, 2.24) is 4.98 Å². The standard InChI is InChI=1S/C16H19N3/c1-4-18-13(3)19(14-9-6-5-8-12(14)2)16-15(18)10-7-11-17-16/h5-11,13H,4H2,1-3H3/t13-/m1/s1. The summed E-state index contributed by atoms with van der Waals surface area (Å²) in [5, 5.41) is 0. The van der Waals surface area contributed by atoms with Crippen LogP contribution in [0.5, 0.6) is 0 Å². The summed E-state index contributed by atoms with van der Waals surface area (Å²) in [6.07, 6.45) is 2.17. The molecular formula is C16H19N3. The Hall–Kier alpha value is -2.03. The maximum atomic E-state index is 4.59. The van der Waals surface area contributed by atoms with Crippen LogP contribution >= 0.6 is 0 Å². The topological polar surface area (TPSA) is 19.4 Å². The van der Waals surface area contributed by atoms with Gasteiger partial charge >= 0.3 is 0 Å². The summed E-state index contributed by atoms with van der Waals surface area (Å²) in [6.45, 7) is 7.56. The van der Waals surface area contributed by atoms with E-state index in [4.69, 9.17) is 0 Å². The van der Waals surface area contributed by atoms with Crippen molar-refractivity contribution in [3.63, 3.8) is 0 Å². The van der Waals surface area contributed by atoms with E-state index < -0.39 is 0 Å². The molecule has 98 valence electrons. The van der Waals surface area contributed by atoms with Crippen LogP contribution in [0.4, 0.5) is 17.2 Å². The molecule has 0 aliphatic carbocycles. The minimum Gasteiger partial charge on any atom is -0.348 e. The molecule has 3 rings (SSSR count). The lowest BCUT2D eigenvalue weighted by molar-refractivity contribution is 0.689. The molecule has 0 amide bonds. The van der Waals surface area contributed by atoms with Gasteiger partial charge in [-0.3, -0.25) is 0 Å². The van der Waals surface area contributed by atoms with Crippen LogP contribution in [-0.2, 0) is 0 Å². The summed E-state index contributed by atoms with van der Waals surface area (Å²) in [4.78, 5) is 9.30. The van der Waals surface area contributed by atoms with E-state index in [9.17, 15) is 0 Å². The van der Waals surface area contributed by atoms with Crippen LogP contribution in [0.2, 0.25) is 0 Å². The van der Waals surface area contributed by atoms with Crippen LogP contribution < -0.4 is 9.80 Å². The van der Waals surface area contributed by atoms with Crippen molar-refractivity contribution in [2.24, 2.45) is 0 Å². The monoisotopic (exact) mass is 253 g/mol. The minimum absolute atomic E-state index is 0.302. The molecule has 0 unspecified atom stereocenters. The molecule has 2 aromatic rings. The number of anilines is 3. The molecule has 3 nitrogen and oxygen atoms in total. The van der Waals surface area contributed by atoms with E-state index in [0.717, 1.165) is 12.4 Å². The molecule has 19 heavy (non-hydrogen) atoms. The average molecular weight is 253 g/mol. The van der Waals surface area contributed by atoms with Gasteiger partial charge in [-0.15, -0.1) is 0 Å². The quantitative estimate of drug-likeness (QED) is 0.813. The largest absolute Gasteiger partial charge is 0.348 e. The Morgan fingerprint density at radius 3 is 2.58 bits per heavy atom. The Morgan fingerprint density at radius 2 is 1.84 bits per heavy atom. The lowest BCUT2D eigenvalue weighted by Crippen LogP contribution is -2.38. The van der Waals surface area contributed by atoms with Crippen molar-refractivity contribution < 1.29 is 0 Å². The molecule has 0 fully saturated rings. The molecule has 0 radical (unpaired) electrons. The minimum atomic E-state index is 0.302. The highest BCUT2D eigenvalue weighted by atomic mass is 15.4. The Morgan fingerprint density at radius 1 is 1.11 bits per heavy atom. The number of para-hydroxylation sites is 1. The summed E-state index contributed by atoms with van der Waals surface area (Å²) in [5.74, 6) is 1.06. The predicted molar refractivity (Wildman–Crippen MR) is 80.0 cm³/mol. The number of nitrogens with zero attached hydrogens (tertiary/aromatic N) is 3. The number of pyridine rings is 1. The second kappa shape index (κ2) is 4.57. The molecule has 1 aliphatic rings. The number of benzene rings is 1. The van der Waals surface area contributed by atoms with E-state index in [1.807, 2.05) is 12.3 Å². The van der Waals surface area contributed by atoms with Gasteiger partial charge in [0, 0.05) is 18.4 Å². The normalized spacial score (nSPS) is 17.7. The van der Waals surface area contributed by atoms with E-state index >= 15 is 0 Å². The van der Waals surface area contributed by atoms with E-state index in [1.165, 1.54) is 16.9 Å². The van der Waals surface area contributed by atoms with E-state index in [1.54, 1.807) is 0 Å². The molecule has 3 heteroatoms. The lowest BCUT2D eigenvalue weighted by atomic mass is 10.2. The van der Waals surface area contributed by atoms with Gasteiger partial charge in [0.15, 0.2) is 5.82 Å². The average Bonchev–Trinajstić information content (AvgIpc) is 2.71. The van der Waals surface area contributed by atoms with Gasteiger partial charge in [0.2, 0.25) is 0 Å². The van der Waals surface area contributed by atoms with Crippen molar-refractivity contribution >= 4 is 17.2 Å². The first-order valence-corrected chi connectivity index (χ1v) is 6.80. The summed E-state index contributed by atoms with van der Waals surface area (Å²) in [5.41, 5.74) is 3.75. The third-order valence-corrected chi connectivity index (χ3v) is 3.84. The van der Waals surface area contributed by atoms with Crippen molar-refractivity contribution in [3.8, 4) is 0 Å². The van der Waals surface area contributed by atoms with Crippen molar-refractivity contribution in [2.75, 3.05) is 16.3 Å². The van der Waals surface area contributed by atoms with Crippen molar-refractivity contribution in [2.45, 2.75) is 26.9 Å². The molecule has 0 N–H and O–H groups in total. The lowest BCUT2D eigenvalue weighted by Gasteiger charge is -2.29. The van der Waals surface area contributed by atoms with Gasteiger partial charge in [-0.25, -0.2) is 4.98 Å². The SMILES string of the molecule is CCN1c2cccnc2N(c2ccccc2C)[C@@H]1C. The van der Waals surface area contributed by atoms with Gasteiger partial charge in [0.25, 0.3) is 0 Å². The van der Waals surface area contributed by atoms with E-state index in [-0.39, 0.29) is 0 Å². The van der Waals surface area contributed by atoms with E-state index in [0.29, 0.717) is 6.17 Å². The van der Waals surface area contributed by atoms with E-state index in [2.05, 4.69) is 65.9 Å². The van der Waals surface area contributed by atoms with Gasteiger partial charge in [-0.05, 0) is 44.5 Å². The highest BCUT2D eigenvalue weighted by molar-refractivity contribution is 5.81. The first-order valence-electron chi connectivity index (χ1n) is 6.80. The Bertz CT molecular complexity index is 594.